The van der Waals surface area contributed by atoms with E-state index in [4.69, 9.17) is 28.4 Å². The number of likely N-dealkylation sites (N-methyl/N-ethyl adjacent to an activating group) is 2. The van der Waals surface area contributed by atoms with Crippen LogP contribution in [-0.4, -0.2) is 89.9 Å². The van der Waals surface area contributed by atoms with Gasteiger partial charge in [0, 0.05) is 25.2 Å². The number of rotatable bonds is 10. The summed E-state index contributed by atoms with van der Waals surface area (Å²) in [6.45, 7) is 1.96. The lowest BCUT2D eigenvalue weighted by Crippen LogP contribution is -2.33. The number of ether oxygens (including phenoxy) is 6. The summed E-state index contributed by atoms with van der Waals surface area (Å²) in [6.07, 6.45) is 3.57. The van der Waals surface area contributed by atoms with Gasteiger partial charge in [0.1, 0.15) is 0 Å². The first-order valence-corrected chi connectivity index (χ1v) is 16.8. The Balaban J connectivity index is 0.000000194. The van der Waals surface area contributed by atoms with Crippen molar-refractivity contribution in [3.8, 4) is 46.0 Å². The molecule has 0 aromatic heterocycles. The highest BCUT2D eigenvalue weighted by molar-refractivity contribution is 5.52. The number of phenols is 2. The molecule has 268 valence electrons. The fourth-order valence-electron chi connectivity index (χ4n) is 7.01. The van der Waals surface area contributed by atoms with Crippen molar-refractivity contribution >= 4 is 0 Å². The molecule has 4 aromatic carbocycles. The van der Waals surface area contributed by atoms with Crippen molar-refractivity contribution in [2.24, 2.45) is 0 Å². The molecule has 0 radical (unpaired) electrons. The van der Waals surface area contributed by atoms with Gasteiger partial charge in [0.2, 0.25) is 0 Å². The topological polar surface area (TPSA) is 102 Å². The zero-order chi connectivity index (χ0) is 35.9. The predicted molar refractivity (Wildman–Crippen MR) is 194 cm³/mol. The van der Waals surface area contributed by atoms with E-state index in [1.807, 2.05) is 24.3 Å². The number of aromatic hydroxyl groups is 2. The maximum atomic E-state index is 10.1. The van der Waals surface area contributed by atoms with E-state index in [2.05, 4.69) is 48.2 Å². The molecule has 1 unspecified atom stereocenters. The molecule has 2 aliphatic heterocycles. The lowest BCUT2D eigenvalue weighted by Gasteiger charge is -2.35. The third-order valence-corrected chi connectivity index (χ3v) is 9.89. The van der Waals surface area contributed by atoms with Gasteiger partial charge in [-0.1, -0.05) is 12.1 Å². The summed E-state index contributed by atoms with van der Waals surface area (Å²) in [7, 11) is 14.0. The quantitative estimate of drug-likeness (QED) is 0.196. The summed E-state index contributed by atoms with van der Waals surface area (Å²) in [6, 6.07) is 19.9. The van der Waals surface area contributed by atoms with E-state index in [1.165, 1.54) is 22.3 Å². The van der Waals surface area contributed by atoms with Crippen molar-refractivity contribution in [1.29, 1.82) is 0 Å². The minimum absolute atomic E-state index is 0.172. The lowest BCUT2D eigenvalue weighted by molar-refractivity contribution is 0.227. The third-order valence-electron chi connectivity index (χ3n) is 9.89. The van der Waals surface area contributed by atoms with Crippen molar-refractivity contribution in [2.45, 2.75) is 37.8 Å². The molecule has 6 rings (SSSR count). The van der Waals surface area contributed by atoms with Crippen molar-refractivity contribution < 1.29 is 38.6 Å². The van der Waals surface area contributed by atoms with Crippen LogP contribution in [0.2, 0.25) is 0 Å². The van der Waals surface area contributed by atoms with E-state index in [-0.39, 0.29) is 23.6 Å². The smallest absolute Gasteiger partial charge is 0.161 e. The summed E-state index contributed by atoms with van der Waals surface area (Å²) in [5, 5.41) is 20.1. The van der Waals surface area contributed by atoms with Crippen LogP contribution in [-0.2, 0) is 25.7 Å². The summed E-state index contributed by atoms with van der Waals surface area (Å²) in [5.41, 5.74) is 7.22. The molecule has 4 aromatic rings. The van der Waals surface area contributed by atoms with Gasteiger partial charge in [-0.25, -0.2) is 0 Å². The Hall–Kier alpha value is -4.80. The zero-order valence-electron chi connectivity index (χ0n) is 30.4. The van der Waals surface area contributed by atoms with E-state index >= 15 is 0 Å². The molecule has 0 saturated heterocycles. The van der Waals surface area contributed by atoms with Crippen LogP contribution in [0.3, 0.4) is 0 Å². The Morgan fingerprint density at radius 2 is 0.840 bits per heavy atom. The molecular formula is C40H50N2O8. The fraction of sp³-hybridized carbons (Fsp3) is 0.400. The van der Waals surface area contributed by atoms with E-state index < -0.39 is 0 Å². The first kappa shape index (κ1) is 36.5. The number of benzene rings is 4. The van der Waals surface area contributed by atoms with Crippen LogP contribution in [0.4, 0.5) is 0 Å². The van der Waals surface area contributed by atoms with Crippen LogP contribution >= 0.6 is 0 Å². The molecule has 2 aliphatic rings. The molecule has 10 nitrogen and oxygen atoms in total. The minimum Gasteiger partial charge on any atom is -0.504 e. The number of fused-ring (bicyclic) bond motifs is 2. The number of hydrogen-bond donors (Lipinski definition) is 2. The van der Waals surface area contributed by atoms with Gasteiger partial charge in [0.05, 0.1) is 42.7 Å². The average Bonchev–Trinajstić information content (AvgIpc) is 3.13. The van der Waals surface area contributed by atoms with Crippen molar-refractivity contribution in [2.75, 3.05) is 69.8 Å². The number of methoxy groups -OCH3 is 6. The van der Waals surface area contributed by atoms with Crippen molar-refractivity contribution in [3.05, 3.63) is 94.0 Å². The highest BCUT2D eigenvalue weighted by Crippen LogP contribution is 2.41. The monoisotopic (exact) mass is 686 g/mol. The molecule has 2 N–H and O–H groups in total. The number of phenolic OH excluding ortho intramolecular Hbond substituents is 2. The lowest BCUT2D eigenvalue weighted by atomic mass is 9.88. The second kappa shape index (κ2) is 16.3. The van der Waals surface area contributed by atoms with Gasteiger partial charge in [-0.05, 0) is 122 Å². The molecule has 0 aliphatic carbocycles. The van der Waals surface area contributed by atoms with Gasteiger partial charge in [0.15, 0.2) is 46.0 Å². The Morgan fingerprint density at radius 3 is 1.16 bits per heavy atom. The summed E-state index contributed by atoms with van der Waals surface area (Å²) >= 11 is 0. The van der Waals surface area contributed by atoms with Crippen LogP contribution < -0.4 is 28.4 Å². The second-order valence-electron chi connectivity index (χ2n) is 12.7. The van der Waals surface area contributed by atoms with Crippen molar-refractivity contribution in [1.82, 2.24) is 9.80 Å². The van der Waals surface area contributed by atoms with Gasteiger partial charge in [-0.15, -0.1) is 0 Å². The van der Waals surface area contributed by atoms with E-state index in [0.29, 0.717) is 11.5 Å². The Morgan fingerprint density at radius 1 is 0.500 bits per heavy atom. The summed E-state index contributed by atoms with van der Waals surface area (Å²) < 4.78 is 32.1. The third kappa shape index (κ3) is 7.82. The first-order valence-electron chi connectivity index (χ1n) is 16.8. The van der Waals surface area contributed by atoms with Gasteiger partial charge < -0.3 is 38.6 Å². The normalized spacial score (nSPS) is 17.0. The summed E-state index contributed by atoms with van der Waals surface area (Å²) in [5.74, 6) is 4.37. The Labute approximate surface area is 295 Å². The predicted octanol–water partition coefficient (Wildman–Crippen LogP) is 6.38. The molecular weight excluding hydrogens is 636 g/mol. The van der Waals surface area contributed by atoms with Gasteiger partial charge in [-0.2, -0.15) is 0 Å². The van der Waals surface area contributed by atoms with Crippen LogP contribution in [0.1, 0.15) is 45.5 Å². The largest absolute Gasteiger partial charge is 0.504 e. The number of hydrogen-bond acceptors (Lipinski definition) is 10. The molecule has 10 heteroatoms. The molecule has 0 spiro atoms. The Bertz CT molecular complexity index is 1650. The van der Waals surface area contributed by atoms with E-state index in [0.717, 1.165) is 72.9 Å². The molecule has 0 amide bonds. The molecule has 0 fully saturated rings. The standard InChI is InChI=1S/2C20H25NO4/c2*1-21-8-7-14-11-19(24-3)20(25-4)12-15(14)16(21)9-13-5-6-18(23-2)17(22)10-13/h2*5-6,10-12,16,22H,7-9H2,1-4H3/t16-;/m1./s1. The molecule has 0 saturated carbocycles. The van der Waals surface area contributed by atoms with Gasteiger partial charge in [-0.3, -0.25) is 9.80 Å². The van der Waals surface area contributed by atoms with E-state index in [9.17, 15) is 10.2 Å². The maximum Gasteiger partial charge on any atom is 0.161 e. The fourth-order valence-corrected chi connectivity index (χ4v) is 7.01. The second-order valence-corrected chi connectivity index (χ2v) is 12.7. The van der Waals surface area contributed by atoms with E-state index in [1.54, 1.807) is 54.8 Å². The summed E-state index contributed by atoms with van der Waals surface area (Å²) in [4.78, 5) is 4.69. The Kier molecular flexibility index (Phi) is 11.9. The van der Waals surface area contributed by atoms with Gasteiger partial charge in [0.25, 0.3) is 0 Å². The molecule has 2 atom stereocenters. The number of nitrogens with zero attached hydrogens (tertiary/aromatic N) is 2. The average molecular weight is 687 g/mol. The van der Waals surface area contributed by atoms with Crippen LogP contribution in [0.5, 0.6) is 46.0 Å². The van der Waals surface area contributed by atoms with Crippen LogP contribution in [0.25, 0.3) is 0 Å². The van der Waals surface area contributed by atoms with Crippen LogP contribution in [0, 0.1) is 0 Å². The van der Waals surface area contributed by atoms with Crippen LogP contribution in [0.15, 0.2) is 60.7 Å². The molecule has 50 heavy (non-hydrogen) atoms. The van der Waals surface area contributed by atoms with Crippen molar-refractivity contribution in [3.63, 3.8) is 0 Å². The first-order chi connectivity index (χ1) is 24.1. The van der Waals surface area contributed by atoms with Gasteiger partial charge >= 0.3 is 0 Å². The zero-order valence-corrected chi connectivity index (χ0v) is 30.4. The highest BCUT2D eigenvalue weighted by Gasteiger charge is 2.29. The molecule has 0 bridgehead atoms. The highest BCUT2D eigenvalue weighted by atomic mass is 16.5. The molecule has 2 heterocycles. The maximum absolute atomic E-state index is 10.1. The minimum atomic E-state index is 0.172. The SMILES string of the molecule is COc1ccc(CC2c3cc(OC)c(OC)cc3CCN2C)cc1O.COc1ccc(C[C@@H]2c3cc(OC)c(OC)cc3CCN2C)cc1O.